The fourth-order valence-electron chi connectivity index (χ4n) is 1.47. The van der Waals surface area contributed by atoms with Crippen LogP contribution >= 0.6 is 22.9 Å². The average Bonchev–Trinajstić information content (AvgIpc) is 2.74. The van der Waals surface area contributed by atoms with Gasteiger partial charge < -0.3 is 15.4 Å². The van der Waals surface area contributed by atoms with Gasteiger partial charge in [-0.1, -0.05) is 11.6 Å². The van der Waals surface area contributed by atoms with Crippen LogP contribution in [0.25, 0.3) is 0 Å². The van der Waals surface area contributed by atoms with Gasteiger partial charge in [-0.2, -0.15) is 15.0 Å². The van der Waals surface area contributed by atoms with E-state index in [0.29, 0.717) is 19.1 Å². The number of halogens is 1. The van der Waals surface area contributed by atoms with Crippen LogP contribution in [-0.4, -0.2) is 28.6 Å². The highest BCUT2D eigenvalue weighted by molar-refractivity contribution is 7.16. The molecule has 0 aliphatic rings. The normalized spacial score (nSPS) is 10.5. The van der Waals surface area contributed by atoms with Crippen LogP contribution in [0.5, 0.6) is 6.01 Å². The first-order valence-corrected chi connectivity index (χ1v) is 6.87. The maximum Gasteiger partial charge on any atom is 0.323 e. The van der Waals surface area contributed by atoms with E-state index in [-0.39, 0.29) is 12.0 Å². The van der Waals surface area contributed by atoms with Gasteiger partial charge in [0.2, 0.25) is 11.9 Å². The molecule has 0 atom stereocenters. The maximum absolute atomic E-state index is 5.90. The lowest BCUT2D eigenvalue weighted by Crippen LogP contribution is -2.20. The van der Waals surface area contributed by atoms with E-state index in [1.807, 2.05) is 31.0 Å². The van der Waals surface area contributed by atoms with Crippen molar-refractivity contribution in [3.63, 3.8) is 0 Å². The molecule has 0 spiro atoms. The lowest BCUT2D eigenvalue weighted by atomic mass is 10.4. The van der Waals surface area contributed by atoms with Crippen LogP contribution in [0.2, 0.25) is 4.34 Å². The third kappa shape index (κ3) is 3.68. The largest absolute Gasteiger partial charge is 0.464 e. The van der Waals surface area contributed by atoms with Crippen molar-refractivity contribution in [1.82, 2.24) is 15.0 Å². The first-order valence-electron chi connectivity index (χ1n) is 5.68. The number of anilines is 2. The van der Waals surface area contributed by atoms with Gasteiger partial charge in [0.25, 0.3) is 0 Å². The second-order valence-corrected chi connectivity index (χ2v) is 5.57. The van der Waals surface area contributed by atoms with E-state index in [0.717, 1.165) is 9.21 Å². The molecule has 0 aromatic carbocycles. The molecule has 0 bridgehead atoms. The zero-order valence-corrected chi connectivity index (χ0v) is 12.2. The number of nitrogen functional groups attached to an aromatic ring is 1. The summed E-state index contributed by atoms with van der Waals surface area (Å²) >= 11 is 7.42. The highest BCUT2D eigenvalue weighted by atomic mass is 35.5. The van der Waals surface area contributed by atoms with Gasteiger partial charge in [-0.3, -0.25) is 0 Å². The fourth-order valence-corrected chi connectivity index (χ4v) is 2.61. The fraction of sp³-hybridized carbons (Fsp3) is 0.364. The van der Waals surface area contributed by atoms with Crippen molar-refractivity contribution < 1.29 is 4.74 Å². The summed E-state index contributed by atoms with van der Waals surface area (Å²) in [7, 11) is 1.87. The van der Waals surface area contributed by atoms with E-state index in [9.17, 15) is 0 Å². The van der Waals surface area contributed by atoms with Crippen LogP contribution in [0.15, 0.2) is 12.1 Å². The number of nitrogens with two attached hydrogens (primary N) is 1. The maximum atomic E-state index is 5.90. The molecule has 0 amide bonds. The van der Waals surface area contributed by atoms with Crippen molar-refractivity contribution in [3.05, 3.63) is 21.3 Å². The first-order chi connectivity index (χ1) is 9.08. The van der Waals surface area contributed by atoms with Crippen molar-refractivity contribution in [3.8, 4) is 6.01 Å². The highest BCUT2D eigenvalue weighted by Crippen LogP contribution is 2.23. The highest BCUT2D eigenvalue weighted by Gasteiger charge is 2.11. The summed E-state index contributed by atoms with van der Waals surface area (Å²) in [6, 6.07) is 4.07. The van der Waals surface area contributed by atoms with Crippen molar-refractivity contribution in [2.24, 2.45) is 0 Å². The molecule has 2 N–H and O–H groups in total. The second-order valence-electron chi connectivity index (χ2n) is 3.77. The zero-order chi connectivity index (χ0) is 13.8. The predicted octanol–water partition coefficient (Wildman–Crippen LogP) is 2.20. The number of hydrogen-bond donors (Lipinski definition) is 1. The van der Waals surface area contributed by atoms with Crippen molar-refractivity contribution in [1.29, 1.82) is 0 Å². The molecule has 102 valence electrons. The van der Waals surface area contributed by atoms with Crippen molar-refractivity contribution >= 4 is 34.8 Å². The molecule has 6 nitrogen and oxygen atoms in total. The lowest BCUT2D eigenvalue weighted by molar-refractivity contribution is 0.312. The Morgan fingerprint density at radius 3 is 2.79 bits per heavy atom. The van der Waals surface area contributed by atoms with E-state index >= 15 is 0 Å². The molecule has 0 saturated carbocycles. The van der Waals surface area contributed by atoms with E-state index in [1.165, 1.54) is 11.3 Å². The van der Waals surface area contributed by atoms with E-state index < -0.39 is 0 Å². The Bertz CT molecular complexity index is 562. The Hall–Kier alpha value is -1.60. The number of thiophene rings is 1. The molecule has 0 radical (unpaired) electrons. The minimum atomic E-state index is 0.143. The SMILES string of the molecule is CCOc1nc(N)nc(N(C)Cc2ccc(Cl)s2)n1. The quantitative estimate of drug-likeness (QED) is 0.912. The topological polar surface area (TPSA) is 77.2 Å². The molecule has 2 aromatic heterocycles. The van der Waals surface area contributed by atoms with Gasteiger partial charge in [0.05, 0.1) is 17.5 Å². The summed E-state index contributed by atoms with van der Waals surface area (Å²) < 4.78 is 6.00. The molecule has 0 aliphatic carbocycles. The summed E-state index contributed by atoms with van der Waals surface area (Å²) in [5, 5.41) is 0. The Morgan fingerprint density at radius 2 is 2.16 bits per heavy atom. The Labute approximate surface area is 120 Å². The summed E-state index contributed by atoms with van der Waals surface area (Å²) in [4.78, 5) is 15.2. The van der Waals surface area contributed by atoms with Gasteiger partial charge in [0.1, 0.15) is 0 Å². The van der Waals surface area contributed by atoms with Crippen LogP contribution in [0.3, 0.4) is 0 Å². The standard InChI is InChI=1S/C11H14ClN5OS/c1-3-18-11-15-9(13)14-10(16-11)17(2)6-7-4-5-8(12)19-7/h4-5H,3,6H2,1-2H3,(H2,13,14,15,16). The Balaban J connectivity index is 2.15. The molecule has 2 aromatic rings. The Morgan fingerprint density at radius 1 is 1.37 bits per heavy atom. The average molecular weight is 300 g/mol. The molecule has 0 saturated heterocycles. The summed E-state index contributed by atoms with van der Waals surface area (Å²) in [5.74, 6) is 0.616. The molecule has 0 fully saturated rings. The predicted molar refractivity (Wildman–Crippen MR) is 76.8 cm³/mol. The van der Waals surface area contributed by atoms with Gasteiger partial charge >= 0.3 is 6.01 Å². The van der Waals surface area contributed by atoms with E-state index in [1.54, 1.807) is 0 Å². The van der Waals surface area contributed by atoms with E-state index in [4.69, 9.17) is 22.1 Å². The van der Waals surface area contributed by atoms with Crippen LogP contribution in [0, 0.1) is 0 Å². The second kappa shape index (κ2) is 6.03. The molecule has 0 unspecified atom stereocenters. The number of aromatic nitrogens is 3. The summed E-state index contributed by atoms with van der Waals surface area (Å²) in [5.41, 5.74) is 5.64. The van der Waals surface area contributed by atoms with Gasteiger partial charge in [0, 0.05) is 11.9 Å². The Kier molecular flexibility index (Phi) is 4.39. The minimum Gasteiger partial charge on any atom is -0.464 e. The van der Waals surface area contributed by atoms with Crippen LogP contribution in [0.4, 0.5) is 11.9 Å². The van der Waals surface area contributed by atoms with Crippen LogP contribution in [0.1, 0.15) is 11.8 Å². The molecule has 0 aliphatic heterocycles. The van der Waals surface area contributed by atoms with Gasteiger partial charge in [0.15, 0.2) is 0 Å². The first kappa shape index (κ1) is 13.8. The third-order valence-corrected chi connectivity index (χ3v) is 3.47. The number of ether oxygens (including phenoxy) is 1. The number of nitrogens with zero attached hydrogens (tertiary/aromatic N) is 4. The monoisotopic (exact) mass is 299 g/mol. The molecule has 2 rings (SSSR count). The zero-order valence-electron chi connectivity index (χ0n) is 10.6. The molecule has 19 heavy (non-hydrogen) atoms. The summed E-state index contributed by atoms with van der Waals surface area (Å²) in [6.07, 6.45) is 0. The lowest BCUT2D eigenvalue weighted by Gasteiger charge is -2.16. The molecular formula is C11H14ClN5OS. The van der Waals surface area contributed by atoms with Gasteiger partial charge in [-0.15, -0.1) is 11.3 Å². The molecule has 8 heteroatoms. The van der Waals surface area contributed by atoms with Crippen LogP contribution < -0.4 is 15.4 Å². The van der Waals surface area contributed by atoms with Gasteiger partial charge in [-0.05, 0) is 19.1 Å². The molecule has 2 heterocycles. The minimum absolute atomic E-state index is 0.143. The molecular weight excluding hydrogens is 286 g/mol. The number of rotatable bonds is 5. The third-order valence-electron chi connectivity index (χ3n) is 2.26. The van der Waals surface area contributed by atoms with Crippen molar-refractivity contribution in [2.45, 2.75) is 13.5 Å². The van der Waals surface area contributed by atoms with Gasteiger partial charge in [-0.25, -0.2) is 0 Å². The smallest absolute Gasteiger partial charge is 0.323 e. The van der Waals surface area contributed by atoms with E-state index in [2.05, 4.69) is 15.0 Å². The van der Waals surface area contributed by atoms with Crippen molar-refractivity contribution in [2.75, 3.05) is 24.3 Å². The van der Waals surface area contributed by atoms with Crippen LogP contribution in [-0.2, 0) is 6.54 Å². The summed E-state index contributed by atoms with van der Waals surface area (Å²) in [6.45, 7) is 2.98. The number of hydrogen-bond acceptors (Lipinski definition) is 7.